The Hall–Kier alpha value is -3.94. The van der Waals surface area contributed by atoms with Crippen LogP contribution in [0.3, 0.4) is 0 Å². The summed E-state index contributed by atoms with van der Waals surface area (Å²) in [7, 11) is 4.20. The van der Waals surface area contributed by atoms with E-state index >= 15 is 0 Å². The summed E-state index contributed by atoms with van der Waals surface area (Å²) in [5, 5.41) is 1.46. The molecule has 0 bridgehead atoms. The first-order valence-corrected chi connectivity index (χ1v) is 10.2. The van der Waals surface area contributed by atoms with E-state index in [1.165, 1.54) is 32.5 Å². The van der Waals surface area contributed by atoms with Crippen molar-refractivity contribution < 1.29 is 19.1 Å². The molecule has 0 fully saturated rings. The van der Waals surface area contributed by atoms with Crippen LogP contribution >= 0.6 is 0 Å². The van der Waals surface area contributed by atoms with E-state index in [4.69, 9.17) is 15.3 Å². The van der Waals surface area contributed by atoms with Crippen molar-refractivity contribution in [3.8, 4) is 22.3 Å². The van der Waals surface area contributed by atoms with Crippen LogP contribution in [0.4, 0.5) is 0 Å². The second kappa shape index (κ2) is 12.2. The molecule has 7 heteroatoms. The molecule has 0 radical (unpaired) electrons. The van der Waals surface area contributed by atoms with Gasteiger partial charge in [0, 0.05) is 6.20 Å². The van der Waals surface area contributed by atoms with Gasteiger partial charge in [0.05, 0.1) is 31.9 Å². The van der Waals surface area contributed by atoms with E-state index in [-0.39, 0.29) is 0 Å². The molecule has 33 heavy (non-hydrogen) atoms. The third-order valence-corrected chi connectivity index (χ3v) is 4.88. The molecule has 0 aromatic heterocycles. The standard InChI is InChI=1S/C25H24N2O4.CH5N/c1-4-27(26)16-17-13-18(20-9-5-7-11-22(20)24(28)30-2)15-19(14-17)21-10-6-8-12-23(21)25(29)31-3;1-2/h4-15H,1,16,26H2,2-3H3;2H2,1H3. The number of esters is 2. The normalized spacial score (nSPS) is 9.85. The maximum absolute atomic E-state index is 12.3. The molecular formula is C26H29N3O4. The number of ether oxygens (including phenoxy) is 2. The lowest BCUT2D eigenvalue weighted by atomic mass is 9.92. The summed E-state index contributed by atoms with van der Waals surface area (Å²) in [5.74, 6) is 5.10. The molecule has 0 aliphatic carbocycles. The highest BCUT2D eigenvalue weighted by atomic mass is 16.5. The topological polar surface area (TPSA) is 108 Å². The van der Waals surface area contributed by atoms with Crippen molar-refractivity contribution in [3.05, 3.63) is 96.2 Å². The van der Waals surface area contributed by atoms with E-state index in [0.717, 1.165) is 27.8 Å². The zero-order valence-electron chi connectivity index (χ0n) is 19.1. The Bertz CT molecular complexity index is 1050. The van der Waals surface area contributed by atoms with Gasteiger partial charge in [-0.2, -0.15) is 0 Å². The average molecular weight is 448 g/mol. The number of benzene rings is 3. The van der Waals surface area contributed by atoms with E-state index in [0.29, 0.717) is 17.7 Å². The molecule has 0 saturated carbocycles. The van der Waals surface area contributed by atoms with E-state index in [9.17, 15) is 9.59 Å². The lowest BCUT2D eigenvalue weighted by molar-refractivity contribution is 0.0592. The van der Waals surface area contributed by atoms with Crippen LogP contribution in [0.5, 0.6) is 0 Å². The van der Waals surface area contributed by atoms with Crippen LogP contribution in [-0.4, -0.2) is 38.2 Å². The summed E-state index contributed by atoms with van der Waals surface area (Å²) < 4.78 is 9.90. The first kappa shape index (κ1) is 25.3. The summed E-state index contributed by atoms with van der Waals surface area (Å²) in [5.41, 5.74) is 9.31. The van der Waals surface area contributed by atoms with Crippen LogP contribution in [0, 0.1) is 0 Å². The Labute approximate surface area is 194 Å². The Morgan fingerprint density at radius 2 is 1.27 bits per heavy atom. The van der Waals surface area contributed by atoms with Crippen molar-refractivity contribution >= 4 is 11.9 Å². The molecule has 3 aromatic rings. The summed E-state index contributed by atoms with van der Waals surface area (Å²) in [4.78, 5) is 24.7. The summed E-state index contributed by atoms with van der Waals surface area (Å²) >= 11 is 0. The molecule has 0 atom stereocenters. The van der Waals surface area contributed by atoms with Gasteiger partial charge in [-0.15, -0.1) is 0 Å². The van der Waals surface area contributed by atoms with Gasteiger partial charge in [-0.1, -0.05) is 43.0 Å². The first-order chi connectivity index (χ1) is 16.0. The van der Waals surface area contributed by atoms with Crippen molar-refractivity contribution in [2.75, 3.05) is 21.3 Å². The fraction of sp³-hybridized carbons (Fsp3) is 0.154. The van der Waals surface area contributed by atoms with Crippen molar-refractivity contribution in [1.82, 2.24) is 5.01 Å². The molecular weight excluding hydrogens is 418 g/mol. The summed E-state index contributed by atoms with van der Waals surface area (Å²) in [6.07, 6.45) is 1.52. The van der Waals surface area contributed by atoms with Crippen LogP contribution in [0.15, 0.2) is 79.5 Å². The predicted octanol–water partition coefficient (Wildman–Crippen LogP) is 3.99. The van der Waals surface area contributed by atoms with Gasteiger partial charge in [-0.3, -0.25) is 0 Å². The van der Waals surface area contributed by atoms with Gasteiger partial charge in [0.15, 0.2) is 0 Å². The van der Waals surface area contributed by atoms with Gasteiger partial charge < -0.3 is 20.2 Å². The van der Waals surface area contributed by atoms with Crippen molar-refractivity contribution in [2.45, 2.75) is 6.54 Å². The molecule has 3 rings (SSSR count). The second-order valence-corrected chi connectivity index (χ2v) is 6.85. The van der Waals surface area contributed by atoms with Gasteiger partial charge >= 0.3 is 11.9 Å². The number of rotatable bonds is 7. The molecule has 0 aliphatic heterocycles. The van der Waals surface area contributed by atoms with E-state index in [2.05, 4.69) is 12.3 Å². The van der Waals surface area contributed by atoms with Gasteiger partial charge in [0.2, 0.25) is 0 Å². The number of hydrazine groups is 1. The lowest BCUT2D eigenvalue weighted by Gasteiger charge is -2.17. The second-order valence-electron chi connectivity index (χ2n) is 6.85. The number of nitrogens with zero attached hydrogens (tertiary/aromatic N) is 1. The molecule has 0 saturated heterocycles. The van der Waals surface area contributed by atoms with E-state index < -0.39 is 11.9 Å². The fourth-order valence-corrected chi connectivity index (χ4v) is 3.42. The zero-order chi connectivity index (χ0) is 24.4. The number of carbonyl (C=O) groups excluding carboxylic acids is 2. The molecule has 4 N–H and O–H groups in total. The average Bonchev–Trinajstić information content (AvgIpc) is 2.88. The highest BCUT2D eigenvalue weighted by Crippen LogP contribution is 2.33. The van der Waals surface area contributed by atoms with Crippen LogP contribution in [0.1, 0.15) is 26.3 Å². The van der Waals surface area contributed by atoms with Crippen molar-refractivity contribution in [3.63, 3.8) is 0 Å². The number of methoxy groups -OCH3 is 2. The van der Waals surface area contributed by atoms with Crippen LogP contribution in [-0.2, 0) is 16.0 Å². The minimum Gasteiger partial charge on any atom is -0.465 e. The minimum atomic E-state index is -0.427. The van der Waals surface area contributed by atoms with Crippen molar-refractivity contribution in [2.24, 2.45) is 11.6 Å². The number of nitrogens with two attached hydrogens (primary N) is 2. The number of hydrogen-bond acceptors (Lipinski definition) is 7. The Morgan fingerprint density at radius 1 is 0.848 bits per heavy atom. The smallest absolute Gasteiger partial charge is 0.338 e. The molecule has 0 heterocycles. The van der Waals surface area contributed by atoms with Gasteiger partial charge in [-0.05, 0) is 65.2 Å². The highest BCUT2D eigenvalue weighted by Gasteiger charge is 2.17. The molecule has 0 aliphatic rings. The summed E-state index contributed by atoms with van der Waals surface area (Å²) in [6.45, 7) is 4.09. The van der Waals surface area contributed by atoms with Crippen LogP contribution in [0.25, 0.3) is 22.3 Å². The molecule has 0 unspecified atom stereocenters. The maximum Gasteiger partial charge on any atom is 0.338 e. The van der Waals surface area contributed by atoms with Crippen LogP contribution in [0.2, 0.25) is 0 Å². The number of hydrogen-bond donors (Lipinski definition) is 2. The minimum absolute atomic E-state index is 0.394. The lowest BCUT2D eigenvalue weighted by Crippen LogP contribution is -2.23. The van der Waals surface area contributed by atoms with Gasteiger partial charge in [-0.25, -0.2) is 15.4 Å². The third kappa shape index (κ3) is 6.06. The SMILES string of the molecule is C=CN(N)Cc1cc(-c2ccccc2C(=O)OC)cc(-c2ccccc2C(=O)OC)c1.CN. The zero-order valence-corrected chi connectivity index (χ0v) is 19.1. The third-order valence-electron chi connectivity index (χ3n) is 4.88. The molecule has 0 spiro atoms. The van der Waals surface area contributed by atoms with E-state index in [1.54, 1.807) is 24.3 Å². The Morgan fingerprint density at radius 3 is 1.67 bits per heavy atom. The quantitative estimate of drug-likeness (QED) is 0.320. The first-order valence-electron chi connectivity index (χ1n) is 10.2. The molecule has 3 aromatic carbocycles. The number of carbonyl (C=O) groups is 2. The van der Waals surface area contributed by atoms with E-state index in [1.807, 2.05) is 42.5 Å². The van der Waals surface area contributed by atoms with Gasteiger partial charge in [0.25, 0.3) is 0 Å². The molecule has 172 valence electrons. The predicted molar refractivity (Wildman–Crippen MR) is 130 cm³/mol. The molecule has 7 nitrogen and oxygen atoms in total. The Kier molecular flexibility index (Phi) is 9.35. The summed E-state index contributed by atoms with van der Waals surface area (Å²) in [6, 6.07) is 20.3. The van der Waals surface area contributed by atoms with Crippen LogP contribution < -0.4 is 11.6 Å². The fourth-order valence-electron chi connectivity index (χ4n) is 3.42. The van der Waals surface area contributed by atoms with Crippen molar-refractivity contribution in [1.29, 1.82) is 0 Å². The monoisotopic (exact) mass is 447 g/mol. The maximum atomic E-state index is 12.3. The van der Waals surface area contributed by atoms with Gasteiger partial charge in [0.1, 0.15) is 0 Å². The largest absolute Gasteiger partial charge is 0.465 e. The Balaban J connectivity index is 0.00000187. The highest BCUT2D eigenvalue weighted by molar-refractivity contribution is 5.99. The molecule has 0 amide bonds.